The molecule has 164 valence electrons. The summed E-state index contributed by atoms with van der Waals surface area (Å²) in [6.45, 7) is 1.71. The van der Waals surface area contributed by atoms with E-state index in [0.29, 0.717) is 16.6 Å². The number of hydrogen-bond acceptors (Lipinski definition) is 6. The molecule has 0 aliphatic carbocycles. The summed E-state index contributed by atoms with van der Waals surface area (Å²) in [6, 6.07) is 8.65. The molecule has 0 aliphatic rings. The second-order valence-corrected chi connectivity index (χ2v) is 8.78. The second kappa shape index (κ2) is 8.08. The summed E-state index contributed by atoms with van der Waals surface area (Å²) in [6.07, 6.45) is 1.38. The summed E-state index contributed by atoms with van der Waals surface area (Å²) >= 11 is 0. The molecule has 7 nitrogen and oxygen atoms in total. The van der Waals surface area contributed by atoms with E-state index >= 15 is 0 Å². The Morgan fingerprint density at radius 3 is 2.44 bits per heavy atom. The molecule has 0 fully saturated rings. The summed E-state index contributed by atoms with van der Waals surface area (Å²) in [5.74, 6) is -3.64. The van der Waals surface area contributed by atoms with Gasteiger partial charge in [-0.05, 0) is 48.4 Å². The van der Waals surface area contributed by atoms with Gasteiger partial charge in [-0.2, -0.15) is 0 Å². The number of aryl methyl sites for hydroxylation is 1. The molecule has 3 N–H and O–H groups in total. The summed E-state index contributed by atoms with van der Waals surface area (Å²) < 4.78 is 69.3. The fraction of sp³-hybridized carbons (Fsp3) is 0.0952. The van der Waals surface area contributed by atoms with Crippen LogP contribution in [0.5, 0.6) is 0 Å². The molecule has 4 rings (SSSR count). The maximum absolute atomic E-state index is 14.8. The van der Waals surface area contributed by atoms with Crippen LogP contribution < -0.4 is 10.5 Å². The number of hydrogen-bond donors (Lipinski definition) is 2. The fourth-order valence-electron chi connectivity index (χ4n) is 3.16. The molecule has 0 atom stereocenters. The summed E-state index contributed by atoms with van der Waals surface area (Å²) in [4.78, 5) is 12.2. The molecule has 0 saturated heterocycles. The van der Waals surface area contributed by atoms with Gasteiger partial charge in [0.25, 0.3) is 0 Å². The van der Waals surface area contributed by atoms with Gasteiger partial charge in [0.15, 0.2) is 11.6 Å². The van der Waals surface area contributed by atoms with Crippen molar-refractivity contribution in [3.05, 3.63) is 77.2 Å². The van der Waals surface area contributed by atoms with Gasteiger partial charge in [-0.15, -0.1) is 0 Å². The molecule has 0 saturated carbocycles. The number of nitrogens with two attached hydrogens (primary N) is 1. The Hall–Kier alpha value is -3.73. The zero-order chi connectivity index (χ0) is 23.0. The van der Waals surface area contributed by atoms with E-state index in [9.17, 15) is 21.6 Å². The van der Waals surface area contributed by atoms with Crippen LogP contribution in [0.4, 0.5) is 24.8 Å². The van der Waals surface area contributed by atoms with Gasteiger partial charge >= 0.3 is 0 Å². The number of rotatable bonds is 5. The van der Waals surface area contributed by atoms with Gasteiger partial charge in [0, 0.05) is 5.56 Å². The third-order valence-electron chi connectivity index (χ3n) is 4.65. The van der Waals surface area contributed by atoms with E-state index in [2.05, 4.69) is 15.0 Å². The van der Waals surface area contributed by atoms with Crippen molar-refractivity contribution in [1.29, 1.82) is 0 Å². The van der Waals surface area contributed by atoms with Crippen LogP contribution in [0.2, 0.25) is 0 Å². The van der Waals surface area contributed by atoms with Crippen molar-refractivity contribution in [2.45, 2.75) is 12.7 Å². The molecule has 0 unspecified atom stereocenters. The lowest BCUT2D eigenvalue weighted by molar-refractivity contribution is 0.514. The maximum atomic E-state index is 14.8. The van der Waals surface area contributed by atoms with Gasteiger partial charge in [0.1, 0.15) is 11.3 Å². The van der Waals surface area contributed by atoms with Gasteiger partial charge < -0.3 is 5.73 Å². The molecule has 11 heteroatoms. The Kier molecular flexibility index (Phi) is 5.43. The third-order valence-corrected chi connectivity index (χ3v) is 5.89. The summed E-state index contributed by atoms with van der Waals surface area (Å²) in [5.41, 5.74) is 6.73. The van der Waals surface area contributed by atoms with Crippen LogP contribution in [-0.4, -0.2) is 23.4 Å². The Bertz CT molecular complexity index is 1440. The SMILES string of the molecule is Cc1cc(-c2ccc(NS(=O)(=O)Cc3ccc(F)cc3)c(F)c2F)nc2cnc(N)nc12. The molecule has 0 radical (unpaired) electrons. The Balaban J connectivity index is 1.66. The van der Waals surface area contributed by atoms with E-state index in [4.69, 9.17) is 5.73 Å². The number of aromatic nitrogens is 3. The monoisotopic (exact) mass is 459 g/mol. The molecule has 2 aromatic heterocycles. The first kappa shape index (κ1) is 21.5. The van der Waals surface area contributed by atoms with Crippen LogP contribution in [0.3, 0.4) is 0 Å². The number of fused-ring (bicyclic) bond motifs is 1. The van der Waals surface area contributed by atoms with Crippen LogP contribution in [-0.2, 0) is 15.8 Å². The van der Waals surface area contributed by atoms with Crippen LogP contribution >= 0.6 is 0 Å². The van der Waals surface area contributed by atoms with E-state index < -0.39 is 38.9 Å². The number of pyridine rings is 1. The topological polar surface area (TPSA) is 111 Å². The first-order valence-electron chi connectivity index (χ1n) is 9.26. The number of nitrogens with zero attached hydrogens (tertiary/aromatic N) is 3. The van der Waals surface area contributed by atoms with Crippen molar-refractivity contribution in [2.75, 3.05) is 10.5 Å². The Labute approximate surface area is 181 Å². The minimum absolute atomic E-state index is 0.0599. The average Bonchev–Trinajstić information content (AvgIpc) is 2.73. The van der Waals surface area contributed by atoms with Crippen molar-refractivity contribution in [3.63, 3.8) is 0 Å². The van der Waals surface area contributed by atoms with Crippen LogP contribution in [0.1, 0.15) is 11.1 Å². The van der Waals surface area contributed by atoms with Crippen molar-refractivity contribution < 1.29 is 21.6 Å². The molecule has 0 amide bonds. The van der Waals surface area contributed by atoms with Crippen molar-refractivity contribution in [1.82, 2.24) is 15.0 Å². The molecular weight excluding hydrogens is 443 g/mol. The molecule has 0 spiro atoms. The largest absolute Gasteiger partial charge is 0.368 e. The predicted octanol–water partition coefficient (Wildman–Crippen LogP) is 3.94. The predicted molar refractivity (Wildman–Crippen MR) is 114 cm³/mol. The average molecular weight is 459 g/mol. The molecule has 32 heavy (non-hydrogen) atoms. The maximum Gasteiger partial charge on any atom is 0.237 e. The first-order chi connectivity index (χ1) is 15.1. The fourth-order valence-corrected chi connectivity index (χ4v) is 4.36. The molecule has 0 aliphatic heterocycles. The van der Waals surface area contributed by atoms with Crippen molar-refractivity contribution in [2.24, 2.45) is 0 Å². The zero-order valence-electron chi connectivity index (χ0n) is 16.6. The first-order valence-corrected chi connectivity index (χ1v) is 10.9. The van der Waals surface area contributed by atoms with Crippen LogP contribution in [0.15, 0.2) is 48.7 Å². The Morgan fingerprint density at radius 2 is 1.72 bits per heavy atom. The highest BCUT2D eigenvalue weighted by atomic mass is 32.2. The zero-order valence-corrected chi connectivity index (χ0v) is 17.4. The van der Waals surface area contributed by atoms with E-state index in [1.165, 1.54) is 30.5 Å². The molecule has 2 aromatic carbocycles. The van der Waals surface area contributed by atoms with Gasteiger partial charge in [-0.1, -0.05) is 12.1 Å². The highest BCUT2D eigenvalue weighted by Crippen LogP contribution is 2.30. The number of benzene rings is 2. The molecule has 4 aromatic rings. The van der Waals surface area contributed by atoms with Crippen molar-refractivity contribution >= 4 is 32.7 Å². The van der Waals surface area contributed by atoms with Gasteiger partial charge in [0.05, 0.1) is 28.8 Å². The summed E-state index contributed by atoms with van der Waals surface area (Å²) in [5, 5.41) is 0. The number of nitrogen functional groups attached to an aromatic ring is 1. The molecular formula is C21H16F3N5O2S. The highest BCUT2D eigenvalue weighted by molar-refractivity contribution is 7.91. The molecule has 0 bridgehead atoms. The van der Waals surface area contributed by atoms with E-state index in [1.54, 1.807) is 6.92 Å². The summed E-state index contributed by atoms with van der Waals surface area (Å²) in [7, 11) is -4.08. The van der Waals surface area contributed by atoms with E-state index in [1.807, 2.05) is 4.72 Å². The second-order valence-electron chi connectivity index (χ2n) is 7.06. The Morgan fingerprint density at radius 1 is 1.00 bits per heavy atom. The lowest BCUT2D eigenvalue weighted by atomic mass is 10.1. The quantitative estimate of drug-likeness (QED) is 0.468. The smallest absolute Gasteiger partial charge is 0.237 e. The minimum Gasteiger partial charge on any atom is -0.368 e. The number of halogens is 3. The van der Waals surface area contributed by atoms with Crippen LogP contribution in [0.25, 0.3) is 22.3 Å². The lowest BCUT2D eigenvalue weighted by Gasteiger charge is -2.12. The van der Waals surface area contributed by atoms with Gasteiger partial charge in [0.2, 0.25) is 16.0 Å². The van der Waals surface area contributed by atoms with E-state index in [0.717, 1.165) is 18.2 Å². The van der Waals surface area contributed by atoms with Crippen molar-refractivity contribution in [3.8, 4) is 11.3 Å². The lowest BCUT2D eigenvalue weighted by Crippen LogP contribution is -2.16. The minimum atomic E-state index is -4.08. The van der Waals surface area contributed by atoms with Gasteiger partial charge in [-0.3, -0.25) is 4.72 Å². The van der Waals surface area contributed by atoms with Gasteiger partial charge in [-0.25, -0.2) is 36.5 Å². The normalized spacial score (nSPS) is 11.6. The molecule has 2 heterocycles. The number of anilines is 2. The van der Waals surface area contributed by atoms with Crippen LogP contribution in [0, 0.1) is 24.4 Å². The van der Waals surface area contributed by atoms with E-state index in [-0.39, 0.29) is 22.8 Å². The third kappa shape index (κ3) is 4.33. The number of sulfonamides is 1. The highest BCUT2D eigenvalue weighted by Gasteiger charge is 2.20. The standard InChI is InChI=1S/C21H16F3N5O2S/c1-11-8-16(27-17-9-26-21(25)28-20(11)17)14-6-7-15(19(24)18(14)23)29-32(30,31)10-12-2-4-13(22)5-3-12/h2-9,29H,10H2,1H3,(H2,25,26,28). The number of nitrogens with one attached hydrogen (secondary N) is 1.